The quantitative estimate of drug-likeness (QED) is 0.723. The molecule has 2 aromatic carbocycles. The van der Waals surface area contributed by atoms with Crippen LogP contribution in [0.3, 0.4) is 0 Å². The Morgan fingerprint density at radius 3 is 2.54 bits per heavy atom. The second kappa shape index (κ2) is 7.79. The van der Waals surface area contributed by atoms with Crippen LogP contribution < -0.4 is 10.6 Å². The lowest BCUT2D eigenvalue weighted by atomic mass is 9.94. The molecule has 0 aromatic heterocycles. The van der Waals surface area contributed by atoms with Gasteiger partial charge in [0.05, 0.1) is 5.56 Å². The van der Waals surface area contributed by atoms with Gasteiger partial charge < -0.3 is 15.7 Å². The minimum atomic E-state index is -0.990. The standard InChI is InChI=1S/C17H15BrN2O3.ClH/c18-14-3-1-2-13-12(14)8-9-19-15(13)16(21)20-11-6-4-10(5-7-11)17(22)23;/h1-7,15,19H,8-9H2,(H,20,21)(H,22,23);1H. The van der Waals surface area contributed by atoms with Crippen molar-refractivity contribution in [3.8, 4) is 0 Å². The summed E-state index contributed by atoms with van der Waals surface area (Å²) >= 11 is 3.53. The Labute approximate surface area is 154 Å². The van der Waals surface area contributed by atoms with E-state index in [0.717, 1.165) is 28.6 Å². The van der Waals surface area contributed by atoms with Crippen molar-refractivity contribution in [2.75, 3.05) is 11.9 Å². The first-order chi connectivity index (χ1) is 11.1. The van der Waals surface area contributed by atoms with E-state index in [9.17, 15) is 9.59 Å². The summed E-state index contributed by atoms with van der Waals surface area (Å²) in [7, 11) is 0. The van der Waals surface area contributed by atoms with Gasteiger partial charge in [-0.25, -0.2) is 4.79 Å². The van der Waals surface area contributed by atoms with Crippen LogP contribution in [0.4, 0.5) is 5.69 Å². The average Bonchev–Trinajstić information content (AvgIpc) is 2.55. The van der Waals surface area contributed by atoms with E-state index in [2.05, 4.69) is 26.6 Å². The molecule has 1 aliphatic rings. The molecular weight excluding hydrogens is 396 g/mol. The molecule has 1 heterocycles. The number of hydrogen-bond donors (Lipinski definition) is 3. The topological polar surface area (TPSA) is 78.4 Å². The first-order valence-electron chi connectivity index (χ1n) is 7.21. The Kier molecular flexibility index (Phi) is 5.99. The first-order valence-corrected chi connectivity index (χ1v) is 8.00. The summed E-state index contributed by atoms with van der Waals surface area (Å²) < 4.78 is 1.01. The van der Waals surface area contributed by atoms with E-state index in [1.54, 1.807) is 12.1 Å². The summed E-state index contributed by atoms with van der Waals surface area (Å²) in [6.07, 6.45) is 0.869. The molecule has 1 amide bonds. The molecule has 0 radical (unpaired) electrons. The number of rotatable bonds is 3. The van der Waals surface area contributed by atoms with Crippen LogP contribution in [0.25, 0.3) is 0 Å². The molecule has 24 heavy (non-hydrogen) atoms. The Balaban J connectivity index is 0.00000208. The van der Waals surface area contributed by atoms with E-state index in [1.807, 2.05) is 18.2 Å². The summed E-state index contributed by atoms with van der Waals surface area (Å²) in [6.45, 7) is 0.728. The molecule has 0 saturated carbocycles. The molecule has 1 unspecified atom stereocenters. The van der Waals surface area contributed by atoms with Gasteiger partial charge in [0.25, 0.3) is 0 Å². The van der Waals surface area contributed by atoms with Gasteiger partial charge in [0, 0.05) is 16.7 Å². The van der Waals surface area contributed by atoms with Crippen LogP contribution in [0.1, 0.15) is 27.5 Å². The second-order valence-corrected chi connectivity index (χ2v) is 6.17. The first kappa shape index (κ1) is 18.4. The Bertz CT molecular complexity index is 765. The van der Waals surface area contributed by atoms with Gasteiger partial charge in [-0.15, -0.1) is 12.4 Å². The van der Waals surface area contributed by atoms with Crippen LogP contribution in [0.5, 0.6) is 0 Å². The summed E-state index contributed by atoms with van der Waals surface area (Å²) in [5.41, 5.74) is 2.87. The zero-order valence-electron chi connectivity index (χ0n) is 12.6. The van der Waals surface area contributed by atoms with Crippen LogP contribution >= 0.6 is 28.3 Å². The molecule has 0 fully saturated rings. The van der Waals surface area contributed by atoms with Gasteiger partial charge in [-0.05, 0) is 47.9 Å². The molecule has 0 spiro atoms. The minimum Gasteiger partial charge on any atom is -0.478 e. The molecule has 7 heteroatoms. The molecule has 3 rings (SSSR count). The largest absolute Gasteiger partial charge is 0.478 e. The Morgan fingerprint density at radius 1 is 1.17 bits per heavy atom. The van der Waals surface area contributed by atoms with Crippen molar-refractivity contribution in [1.82, 2.24) is 5.32 Å². The molecular formula is C17H16BrClN2O3. The van der Waals surface area contributed by atoms with Crippen LogP contribution in [-0.4, -0.2) is 23.5 Å². The van der Waals surface area contributed by atoms with Gasteiger partial charge in [-0.3, -0.25) is 4.79 Å². The fourth-order valence-corrected chi connectivity index (χ4v) is 3.29. The Hall–Kier alpha value is -1.89. The van der Waals surface area contributed by atoms with Crippen LogP contribution in [0.2, 0.25) is 0 Å². The van der Waals surface area contributed by atoms with E-state index < -0.39 is 12.0 Å². The zero-order chi connectivity index (χ0) is 16.4. The highest BCUT2D eigenvalue weighted by Crippen LogP contribution is 2.29. The third-order valence-corrected chi connectivity index (χ3v) is 4.59. The number of carboxylic acid groups (broad SMARTS) is 1. The number of aromatic carboxylic acids is 1. The number of hydrogen-bond acceptors (Lipinski definition) is 3. The fraction of sp³-hybridized carbons (Fsp3) is 0.176. The van der Waals surface area contributed by atoms with Gasteiger partial charge >= 0.3 is 5.97 Å². The molecule has 0 saturated heterocycles. The van der Waals surface area contributed by atoms with Gasteiger partial charge in [-0.2, -0.15) is 0 Å². The number of benzene rings is 2. The van der Waals surface area contributed by atoms with Gasteiger partial charge in [0.1, 0.15) is 6.04 Å². The number of amides is 1. The van der Waals surface area contributed by atoms with E-state index in [4.69, 9.17) is 5.11 Å². The predicted molar refractivity (Wildman–Crippen MR) is 97.9 cm³/mol. The monoisotopic (exact) mass is 410 g/mol. The fourth-order valence-electron chi connectivity index (χ4n) is 2.71. The number of carbonyl (C=O) groups excluding carboxylic acids is 1. The predicted octanol–water partition coefficient (Wildman–Crippen LogP) is 3.39. The number of nitrogens with one attached hydrogen (secondary N) is 2. The number of anilines is 1. The molecule has 0 bridgehead atoms. The molecule has 5 nitrogen and oxygen atoms in total. The van der Waals surface area contributed by atoms with Crippen LogP contribution in [0, 0.1) is 0 Å². The number of fused-ring (bicyclic) bond motifs is 1. The normalized spacial score (nSPS) is 15.8. The SMILES string of the molecule is Cl.O=C(O)c1ccc(NC(=O)C2NCCc3c(Br)cccc32)cc1. The van der Waals surface area contributed by atoms with Crippen molar-refractivity contribution in [1.29, 1.82) is 0 Å². The summed E-state index contributed by atoms with van der Waals surface area (Å²) in [5, 5.41) is 14.9. The second-order valence-electron chi connectivity index (χ2n) is 5.32. The highest BCUT2D eigenvalue weighted by atomic mass is 79.9. The van der Waals surface area contributed by atoms with Gasteiger partial charge in [-0.1, -0.05) is 28.1 Å². The highest BCUT2D eigenvalue weighted by molar-refractivity contribution is 9.10. The summed E-state index contributed by atoms with van der Waals surface area (Å²) in [5.74, 6) is -1.15. The number of halogens is 2. The van der Waals surface area contributed by atoms with Crippen molar-refractivity contribution in [2.45, 2.75) is 12.5 Å². The van der Waals surface area contributed by atoms with Gasteiger partial charge in [0.2, 0.25) is 5.91 Å². The smallest absolute Gasteiger partial charge is 0.335 e. The number of carbonyl (C=O) groups is 2. The van der Waals surface area contributed by atoms with Crippen LogP contribution in [-0.2, 0) is 11.2 Å². The summed E-state index contributed by atoms with van der Waals surface area (Å²) in [6, 6.07) is 11.5. The molecule has 0 aliphatic carbocycles. The average molecular weight is 412 g/mol. The summed E-state index contributed by atoms with van der Waals surface area (Å²) in [4.78, 5) is 23.4. The maximum Gasteiger partial charge on any atom is 0.335 e. The van der Waals surface area contributed by atoms with Crippen molar-refractivity contribution in [2.24, 2.45) is 0 Å². The maximum absolute atomic E-state index is 12.6. The van der Waals surface area contributed by atoms with Crippen molar-refractivity contribution < 1.29 is 14.7 Å². The molecule has 126 valence electrons. The zero-order valence-corrected chi connectivity index (χ0v) is 15.0. The van der Waals surface area contributed by atoms with E-state index in [1.165, 1.54) is 12.1 Å². The molecule has 1 aliphatic heterocycles. The molecule has 1 atom stereocenters. The lowest BCUT2D eigenvalue weighted by molar-refractivity contribution is -0.118. The third-order valence-electron chi connectivity index (χ3n) is 3.85. The van der Waals surface area contributed by atoms with E-state index >= 15 is 0 Å². The van der Waals surface area contributed by atoms with E-state index in [0.29, 0.717) is 5.69 Å². The minimum absolute atomic E-state index is 0. The van der Waals surface area contributed by atoms with Gasteiger partial charge in [0.15, 0.2) is 0 Å². The molecule has 3 N–H and O–H groups in total. The third kappa shape index (κ3) is 3.77. The number of carboxylic acids is 1. The maximum atomic E-state index is 12.6. The van der Waals surface area contributed by atoms with E-state index in [-0.39, 0.29) is 23.9 Å². The van der Waals surface area contributed by atoms with Crippen molar-refractivity contribution >= 4 is 45.9 Å². The molecule has 2 aromatic rings. The van der Waals surface area contributed by atoms with Crippen molar-refractivity contribution in [3.05, 3.63) is 63.6 Å². The lowest BCUT2D eigenvalue weighted by Gasteiger charge is -2.27. The van der Waals surface area contributed by atoms with Crippen LogP contribution in [0.15, 0.2) is 46.9 Å². The Morgan fingerprint density at radius 2 is 1.88 bits per heavy atom. The van der Waals surface area contributed by atoms with Crippen molar-refractivity contribution in [3.63, 3.8) is 0 Å². The highest BCUT2D eigenvalue weighted by Gasteiger charge is 2.27. The lowest BCUT2D eigenvalue weighted by Crippen LogP contribution is -2.38.